The molecule has 2 N–H and O–H groups in total. The Morgan fingerprint density at radius 3 is 1.88 bits per heavy atom. The summed E-state index contributed by atoms with van der Waals surface area (Å²) in [6.07, 6.45) is -2.48. The molecule has 0 aromatic heterocycles. The van der Waals surface area contributed by atoms with E-state index in [1.165, 1.54) is 13.8 Å². The van der Waals surface area contributed by atoms with Gasteiger partial charge >= 0.3 is 23.9 Å². The highest BCUT2D eigenvalue weighted by Gasteiger charge is 2.46. The second kappa shape index (κ2) is 10.7. The third-order valence-corrected chi connectivity index (χ3v) is 3.44. The molecule has 0 saturated carbocycles. The monoisotopic (exact) mass is 362 g/mol. The summed E-state index contributed by atoms with van der Waals surface area (Å²) >= 11 is 0. The van der Waals surface area contributed by atoms with Crippen molar-refractivity contribution in [3.8, 4) is 0 Å². The quantitative estimate of drug-likeness (QED) is 0.401. The maximum atomic E-state index is 12.3. The van der Waals surface area contributed by atoms with Gasteiger partial charge in [-0.1, -0.05) is 6.92 Å². The van der Waals surface area contributed by atoms with Crippen LogP contribution in [0.15, 0.2) is 0 Å². The van der Waals surface area contributed by atoms with Gasteiger partial charge in [-0.25, -0.2) is 4.79 Å². The number of carbonyl (C=O) groups is 4. The first-order valence-corrected chi connectivity index (χ1v) is 8.03. The summed E-state index contributed by atoms with van der Waals surface area (Å²) in [6, 6.07) is 0. The average Bonchev–Trinajstić information content (AvgIpc) is 2.46. The number of hydrogen-bond acceptors (Lipinski definition) is 8. The van der Waals surface area contributed by atoms with Gasteiger partial charge in [-0.2, -0.15) is 0 Å². The summed E-state index contributed by atoms with van der Waals surface area (Å²) in [5.74, 6) is -4.99. The number of carboxylic acid groups (broad SMARTS) is 1. The average molecular weight is 362 g/mol. The molecule has 0 aliphatic carbocycles. The molecular formula is C16H26O9. The number of ether oxygens (including phenoxy) is 3. The molecule has 0 heterocycles. The zero-order chi connectivity index (χ0) is 19.6. The lowest BCUT2D eigenvalue weighted by Gasteiger charge is -2.31. The molecule has 9 nitrogen and oxygen atoms in total. The largest absolute Gasteiger partial charge is 0.481 e. The molecule has 0 aliphatic rings. The van der Waals surface area contributed by atoms with Crippen LogP contribution < -0.4 is 0 Å². The molecule has 25 heavy (non-hydrogen) atoms. The fourth-order valence-corrected chi connectivity index (χ4v) is 2.10. The second-order valence-electron chi connectivity index (χ2n) is 5.63. The van der Waals surface area contributed by atoms with Gasteiger partial charge < -0.3 is 24.4 Å². The van der Waals surface area contributed by atoms with Crippen LogP contribution in [0.2, 0.25) is 0 Å². The second-order valence-corrected chi connectivity index (χ2v) is 5.63. The van der Waals surface area contributed by atoms with Crippen molar-refractivity contribution in [2.24, 2.45) is 5.92 Å². The Balaban J connectivity index is 5.08. The molecule has 0 spiro atoms. The van der Waals surface area contributed by atoms with Gasteiger partial charge in [0.05, 0.1) is 32.5 Å². The van der Waals surface area contributed by atoms with E-state index in [2.05, 4.69) is 0 Å². The molecule has 0 bridgehead atoms. The van der Waals surface area contributed by atoms with Crippen LogP contribution in [0.4, 0.5) is 0 Å². The molecule has 0 aliphatic heterocycles. The lowest BCUT2D eigenvalue weighted by molar-refractivity contribution is -0.183. The van der Waals surface area contributed by atoms with Gasteiger partial charge in [-0.05, 0) is 20.8 Å². The van der Waals surface area contributed by atoms with Gasteiger partial charge in [0.1, 0.15) is 6.10 Å². The van der Waals surface area contributed by atoms with E-state index in [0.29, 0.717) is 0 Å². The van der Waals surface area contributed by atoms with Gasteiger partial charge in [0.15, 0.2) is 5.60 Å². The predicted octanol–water partition coefficient (Wildman–Crippen LogP) is 0.666. The standard InChI is InChI=1S/C16H26O9/c1-5-23-13(19)7-10(3)16(22,9-12(17)18)15(21)25-11(4)8-14(20)24-6-2/h10-11,22H,5-9H2,1-4H3,(H,17,18). The smallest absolute Gasteiger partial charge is 0.339 e. The van der Waals surface area contributed by atoms with Crippen molar-refractivity contribution < 1.29 is 43.6 Å². The Hall–Kier alpha value is -2.16. The maximum absolute atomic E-state index is 12.3. The molecule has 0 fully saturated rings. The minimum Gasteiger partial charge on any atom is -0.481 e. The third-order valence-electron chi connectivity index (χ3n) is 3.44. The van der Waals surface area contributed by atoms with Crippen LogP contribution in [-0.2, 0) is 33.4 Å². The van der Waals surface area contributed by atoms with Crippen molar-refractivity contribution in [2.45, 2.75) is 58.7 Å². The lowest BCUT2D eigenvalue weighted by Crippen LogP contribution is -2.49. The van der Waals surface area contributed by atoms with Crippen molar-refractivity contribution >= 4 is 23.9 Å². The van der Waals surface area contributed by atoms with Crippen LogP contribution in [0, 0.1) is 5.92 Å². The first-order valence-electron chi connectivity index (χ1n) is 8.03. The van der Waals surface area contributed by atoms with Gasteiger partial charge in [0.2, 0.25) is 0 Å². The highest BCUT2D eigenvalue weighted by atomic mass is 16.6. The molecule has 9 heteroatoms. The fourth-order valence-electron chi connectivity index (χ4n) is 2.10. The Morgan fingerprint density at radius 2 is 1.44 bits per heavy atom. The molecule has 0 aromatic rings. The third kappa shape index (κ3) is 7.97. The van der Waals surface area contributed by atoms with Crippen molar-refractivity contribution in [1.29, 1.82) is 0 Å². The Kier molecular flexibility index (Phi) is 9.73. The van der Waals surface area contributed by atoms with E-state index in [1.54, 1.807) is 13.8 Å². The molecule has 144 valence electrons. The molecule has 0 rings (SSSR count). The normalized spacial score (nSPS) is 15.4. The summed E-state index contributed by atoms with van der Waals surface area (Å²) in [5.41, 5.74) is -2.43. The van der Waals surface area contributed by atoms with Gasteiger partial charge in [-0.3, -0.25) is 14.4 Å². The molecular weight excluding hydrogens is 336 g/mol. The predicted molar refractivity (Wildman–Crippen MR) is 84.4 cm³/mol. The first kappa shape index (κ1) is 22.8. The van der Waals surface area contributed by atoms with E-state index < -0.39 is 47.9 Å². The van der Waals surface area contributed by atoms with Gasteiger partial charge in [-0.15, -0.1) is 0 Å². The zero-order valence-electron chi connectivity index (χ0n) is 14.9. The van der Waals surface area contributed by atoms with Crippen LogP contribution in [0.3, 0.4) is 0 Å². The lowest BCUT2D eigenvalue weighted by atomic mass is 9.83. The van der Waals surface area contributed by atoms with Crippen molar-refractivity contribution in [2.75, 3.05) is 13.2 Å². The SMILES string of the molecule is CCOC(=O)CC(C)OC(=O)C(O)(CC(=O)O)C(C)CC(=O)OCC. The first-order chi connectivity index (χ1) is 11.6. The van der Waals surface area contributed by atoms with E-state index in [4.69, 9.17) is 19.3 Å². The Labute approximate surface area is 146 Å². The summed E-state index contributed by atoms with van der Waals surface area (Å²) in [5, 5.41) is 19.5. The van der Waals surface area contributed by atoms with E-state index in [-0.39, 0.29) is 26.1 Å². The summed E-state index contributed by atoms with van der Waals surface area (Å²) in [6.45, 7) is 6.25. The van der Waals surface area contributed by atoms with E-state index in [9.17, 15) is 24.3 Å². The number of aliphatic hydroxyl groups is 1. The number of aliphatic carboxylic acids is 1. The molecule has 0 amide bonds. The van der Waals surface area contributed by atoms with Crippen LogP contribution >= 0.6 is 0 Å². The van der Waals surface area contributed by atoms with Gasteiger partial charge in [0.25, 0.3) is 0 Å². The topological polar surface area (TPSA) is 136 Å². The molecule has 3 atom stereocenters. The van der Waals surface area contributed by atoms with Crippen molar-refractivity contribution in [3.05, 3.63) is 0 Å². The van der Waals surface area contributed by atoms with Crippen LogP contribution in [0.1, 0.15) is 47.0 Å². The molecule has 0 aromatic carbocycles. The van der Waals surface area contributed by atoms with E-state index >= 15 is 0 Å². The number of esters is 3. The van der Waals surface area contributed by atoms with Gasteiger partial charge in [0, 0.05) is 5.92 Å². The minimum absolute atomic E-state index is 0.115. The van der Waals surface area contributed by atoms with Crippen LogP contribution in [0.25, 0.3) is 0 Å². The molecule has 0 saturated heterocycles. The van der Waals surface area contributed by atoms with Crippen LogP contribution in [0.5, 0.6) is 0 Å². The zero-order valence-corrected chi connectivity index (χ0v) is 14.9. The maximum Gasteiger partial charge on any atom is 0.339 e. The fraction of sp³-hybridized carbons (Fsp3) is 0.750. The Morgan fingerprint density at radius 1 is 0.960 bits per heavy atom. The summed E-state index contributed by atoms with van der Waals surface area (Å²) in [7, 11) is 0. The Bertz CT molecular complexity index is 488. The molecule has 0 radical (unpaired) electrons. The summed E-state index contributed by atoms with van der Waals surface area (Å²) < 4.78 is 14.5. The summed E-state index contributed by atoms with van der Waals surface area (Å²) in [4.78, 5) is 46.3. The number of rotatable bonds is 11. The van der Waals surface area contributed by atoms with Crippen LogP contribution in [-0.4, -0.2) is 59.0 Å². The number of hydrogen-bond donors (Lipinski definition) is 2. The molecule has 3 unspecified atom stereocenters. The number of carbonyl (C=O) groups excluding carboxylic acids is 3. The van der Waals surface area contributed by atoms with Crippen molar-refractivity contribution in [1.82, 2.24) is 0 Å². The minimum atomic E-state index is -2.43. The highest BCUT2D eigenvalue weighted by Crippen LogP contribution is 2.27. The van der Waals surface area contributed by atoms with E-state index in [0.717, 1.165) is 0 Å². The van der Waals surface area contributed by atoms with Crippen molar-refractivity contribution in [3.63, 3.8) is 0 Å². The van der Waals surface area contributed by atoms with E-state index in [1.807, 2.05) is 0 Å². The number of carboxylic acids is 1. The highest BCUT2D eigenvalue weighted by molar-refractivity contribution is 5.86.